The predicted octanol–water partition coefficient (Wildman–Crippen LogP) is 1.97. The lowest BCUT2D eigenvalue weighted by Crippen LogP contribution is -1.92. The van der Waals surface area contributed by atoms with Crippen molar-refractivity contribution in [2.75, 3.05) is 5.73 Å². The molecule has 2 N–H and O–H groups in total. The molecule has 2 heterocycles. The van der Waals surface area contributed by atoms with Crippen LogP contribution in [-0.4, -0.2) is 19.1 Å². The van der Waals surface area contributed by atoms with E-state index in [0.29, 0.717) is 5.95 Å². The van der Waals surface area contributed by atoms with Crippen LogP contribution in [0.5, 0.6) is 0 Å². The van der Waals surface area contributed by atoms with E-state index in [1.165, 1.54) is 11.5 Å². The maximum absolute atomic E-state index is 5.49. The summed E-state index contributed by atoms with van der Waals surface area (Å²) in [7, 11) is 0. The van der Waals surface area contributed by atoms with Crippen LogP contribution in [0.4, 0.5) is 5.95 Å². The van der Waals surface area contributed by atoms with E-state index in [9.17, 15) is 0 Å². The van der Waals surface area contributed by atoms with Gasteiger partial charge in [-0.1, -0.05) is 18.2 Å². The van der Waals surface area contributed by atoms with Gasteiger partial charge in [-0.05, 0) is 23.7 Å². The number of nitrogen functional groups attached to an aromatic ring is 1. The third kappa shape index (κ3) is 1.90. The van der Waals surface area contributed by atoms with E-state index in [4.69, 9.17) is 5.73 Å². The van der Waals surface area contributed by atoms with Gasteiger partial charge in [0, 0.05) is 6.20 Å². The average Bonchev–Trinajstić information content (AvgIpc) is 2.98. The Morgan fingerprint density at radius 1 is 1.18 bits per heavy atom. The van der Waals surface area contributed by atoms with Crippen molar-refractivity contribution < 1.29 is 0 Å². The SMILES string of the molecule is Nc1nsc(-c2cnn(-c3ccccc3)c2)n1. The molecule has 0 atom stereocenters. The van der Waals surface area contributed by atoms with Gasteiger partial charge in [-0.3, -0.25) is 0 Å². The smallest absolute Gasteiger partial charge is 0.232 e. The molecule has 0 spiro atoms. The Kier molecular flexibility index (Phi) is 2.34. The van der Waals surface area contributed by atoms with Crippen LogP contribution in [0.3, 0.4) is 0 Å². The number of rotatable bonds is 2. The van der Waals surface area contributed by atoms with Crippen molar-refractivity contribution in [3.63, 3.8) is 0 Å². The van der Waals surface area contributed by atoms with E-state index in [1.807, 2.05) is 36.5 Å². The molecule has 0 saturated carbocycles. The first-order valence-corrected chi connectivity index (χ1v) is 5.80. The lowest BCUT2D eigenvalue weighted by molar-refractivity contribution is 0.881. The second-order valence-corrected chi connectivity index (χ2v) is 4.22. The molecule has 1 aromatic carbocycles. The molecule has 3 aromatic rings. The predicted molar refractivity (Wildman–Crippen MR) is 66.9 cm³/mol. The average molecular weight is 243 g/mol. The maximum Gasteiger partial charge on any atom is 0.232 e. The van der Waals surface area contributed by atoms with E-state index >= 15 is 0 Å². The van der Waals surface area contributed by atoms with Gasteiger partial charge in [-0.15, -0.1) is 0 Å². The van der Waals surface area contributed by atoms with E-state index in [2.05, 4.69) is 14.5 Å². The Morgan fingerprint density at radius 3 is 2.71 bits per heavy atom. The van der Waals surface area contributed by atoms with Crippen LogP contribution in [-0.2, 0) is 0 Å². The summed E-state index contributed by atoms with van der Waals surface area (Å²) in [5.41, 5.74) is 7.42. The molecule has 0 aliphatic carbocycles. The number of nitrogens with two attached hydrogens (primary N) is 1. The van der Waals surface area contributed by atoms with E-state index in [0.717, 1.165) is 16.3 Å². The third-order valence-corrected chi connectivity index (χ3v) is 3.07. The van der Waals surface area contributed by atoms with Crippen molar-refractivity contribution in [2.45, 2.75) is 0 Å². The number of para-hydroxylation sites is 1. The second kappa shape index (κ2) is 3.99. The molecule has 0 bridgehead atoms. The highest BCUT2D eigenvalue weighted by molar-refractivity contribution is 7.09. The quantitative estimate of drug-likeness (QED) is 0.747. The zero-order valence-electron chi connectivity index (χ0n) is 8.82. The Bertz CT molecular complexity index is 628. The van der Waals surface area contributed by atoms with Crippen LogP contribution in [0.25, 0.3) is 16.3 Å². The first kappa shape index (κ1) is 9.98. The van der Waals surface area contributed by atoms with Crippen molar-refractivity contribution in [3.8, 4) is 16.3 Å². The van der Waals surface area contributed by atoms with Gasteiger partial charge in [-0.25, -0.2) is 4.68 Å². The summed E-state index contributed by atoms with van der Waals surface area (Å²) in [6.07, 6.45) is 3.67. The molecule has 0 fully saturated rings. The van der Waals surface area contributed by atoms with Crippen molar-refractivity contribution in [1.29, 1.82) is 0 Å². The van der Waals surface area contributed by atoms with Crippen molar-refractivity contribution in [3.05, 3.63) is 42.7 Å². The molecular formula is C11H9N5S. The highest BCUT2D eigenvalue weighted by Crippen LogP contribution is 2.22. The number of nitrogens with zero attached hydrogens (tertiary/aromatic N) is 4. The van der Waals surface area contributed by atoms with Crippen LogP contribution < -0.4 is 5.73 Å². The van der Waals surface area contributed by atoms with E-state index < -0.39 is 0 Å². The fourth-order valence-corrected chi connectivity index (χ4v) is 2.07. The minimum absolute atomic E-state index is 0.303. The molecule has 0 amide bonds. The van der Waals surface area contributed by atoms with Crippen LogP contribution in [0, 0.1) is 0 Å². The summed E-state index contributed by atoms with van der Waals surface area (Å²) in [6.45, 7) is 0. The zero-order valence-corrected chi connectivity index (χ0v) is 9.63. The number of hydrogen-bond donors (Lipinski definition) is 1. The first-order valence-electron chi connectivity index (χ1n) is 5.02. The Hall–Kier alpha value is -2.21. The van der Waals surface area contributed by atoms with E-state index in [1.54, 1.807) is 10.9 Å². The summed E-state index contributed by atoms with van der Waals surface area (Å²) in [6, 6.07) is 9.90. The summed E-state index contributed by atoms with van der Waals surface area (Å²) in [5, 5.41) is 5.07. The van der Waals surface area contributed by atoms with Crippen LogP contribution in [0.1, 0.15) is 0 Å². The highest BCUT2D eigenvalue weighted by Gasteiger charge is 2.07. The topological polar surface area (TPSA) is 69.6 Å². The Balaban J connectivity index is 1.99. The van der Waals surface area contributed by atoms with Gasteiger partial charge in [0.05, 0.1) is 17.4 Å². The Morgan fingerprint density at radius 2 is 2.00 bits per heavy atom. The maximum atomic E-state index is 5.49. The van der Waals surface area contributed by atoms with Gasteiger partial charge in [0.25, 0.3) is 0 Å². The molecule has 5 nitrogen and oxygen atoms in total. The number of aromatic nitrogens is 4. The van der Waals surface area contributed by atoms with Crippen molar-refractivity contribution >= 4 is 17.5 Å². The molecule has 6 heteroatoms. The first-order chi connectivity index (χ1) is 8.33. The minimum atomic E-state index is 0.303. The van der Waals surface area contributed by atoms with Crippen LogP contribution in [0.2, 0.25) is 0 Å². The Labute approximate surface area is 102 Å². The summed E-state index contributed by atoms with van der Waals surface area (Å²) in [5.74, 6) is 0.303. The van der Waals surface area contributed by atoms with Gasteiger partial charge < -0.3 is 5.73 Å². The van der Waals surface area contributed by atoms with Gasteiger partial charge in [0.15, 0.2) is 0 Å². The number of anilines is 1. The molecule has 2 aromatic heterocycles. The molecule has 0 radical (unpaired) electrons. The monoisotopic (exact) mass is 243 g/mol. The normalized spacial score (nSPS) is 10.6. The minimum Gasteiger partial charge on any atom is -0.367 e. The largest absolute Gasteiger partial charge is 0.367 e. The third-order valence-electron chi connectivity index (χ3n) is 2.29. The number of benzene rings is 1. The highest BCUT2D eigenvalue weighted by atomic mass is 32.1. The number of hydrogen-bond acceptors (Lipinski definition) is 5. The summed E-state index contributed by atoms with van der Waals surface area (Å²) >= 11 is 1.27. The molecule has 0 aliphatic heterocycles. The van der Waals surface area contributed by atoms with Gasteiger partial charge in [0.1, 0.15) is 5.01 Å². The van der Waals surface area contributed by atoms with Crippen molar-refractivity contribution in [2.24, 2.45) is 0 Å². The zero-order chi connectivity index (χ0) is 11.7. The summed E-state index contributed by atoms with van der Waals surface area (Å²) in [4.78, 5) is 4.12. The molecule has 0 saturated heterocycles. The molecule has 0 aliphatic rings. The fourth-order valence-electron chi connectivity index (χ4n) is 1.51. The fraction of sp³-hybridized carbons (Fsp3) is 0. The van der Waals surface area contributed by atoms with Gasteiger partial charge in [0.2, 0.25) is 5.95 Å². The van der Waals surface area contributed by atoms with Crippen LogP contribution in [0.15, 0.2) is 42.7 Å². The lowest BCUT2D eigenvalue weighted by Gasteiger charge is -1.98. The molecule has 84 valence electrons. The molecule has 0 unspecified atom stereocenters. The molecule has 17 heavy (non-hydrogen) atoms. The lowest BCUT2D eigenvalue weighted by atomic mass is 10.3. The van der Waals surface area contributed by atoms with E-state index in [-0.39, 0.29) is 0 Å². The van der Waals surface area contributed by atoms with Crippen LogP contribution >= 0.6 is 11.5 Å². The molecular weight excluding hydrogens is 234 g/mol. The molecule has 3 rings (SSSR count). The second-order valence-electron chi connectivity index (χ2n) is 3.47. The standard InChI is InChI=1S/C11H9N5S/c12-11-14-10(17-15-11)8-6-13-16(7-8)9-4-2-1-3-5-9/h1-7H,(H2,12,15). The van der Waals surface area contributed by atoms with Crippen molar-refractivity contribution in [1.82, 2.24) is 19.1 Å². The van der Waals surface area contributed by atoms with Gasteiger partial charge >= 0.3 is 0 Å². The summed E-state index contributed by atoms with van der Waals surface area (Å²) < 4.78 is 5.74. The van der Waals surface area contributed by atoms with Gasteiger partial charge in [-0.2, -0.15) is 14.5 Å².